The Morgan fingerprint density at radius 2 is 1.85 bits per heavy atom. The quantitative estimate of drug-likeness (QED) is 0.464. The van der Waals surface area contributed by atoms with Crippen LogP contribution in [0.5, 0.6) is 5.75 Å². The third-order valence-electron chi connectivity index (χ3n) is 6.17. The molecule has 1 heterocycles. The van der Waals surface area contributed by atoms with Crippen LogP contribution >= 0.6 is 0 Å². The van der Waals surface area contributed by atoms with E-state index in [0.29, 0.717) is 11.5 Å². The first-order chi connectivity index (χ1) is 16.2. The monoisotopic (exact) mass is 488 g/mol. The van der Waals surface area contributed by atoms with Gasteiger partial charge in [0.15, 0.2) is 0 Å². The number of aromatic carboxylic acids is 1. The highest BCUT2D eigenvalue weighted by Gasteiger charge is 2.24. The van der Waals surface area contributed by atoms with Gasteiger partial charge in [0.2, 0.25) is 10.9 Å². The van der Waals surface area contributed by atoms with Gasteiger partial charge in [-0.25, -0.2) is 9.18 Å². The maximum atomic E-state index is 14.1. The van der Waals surface area contributed by atoms with Gasteiger partial charge in [0.25, 0.3) is 10.0 Å². The molecule has 0 amide bonds. The molecule has 1 aliphatic rings. The number of methoxy groups -OCH3 is 1. The Balaban J connectivity index is 1.53. The molecule has 0 bridgehead atoms. The molecule has 1 aromatic heterocycles. The maximum Gasteiger partial charge on any atom is 0.338 e. The number of hydrogen-bond acceptors (Lipinski definition) is 6. The third-order valence-corrected chi connectivity index (χ3v) is 7.39. The summed E-state index contributed by atoms with van der Waals surface area (Å²) < 4.78 is 52.3. The molecular formula is C24H25FN2O6S. The lowest BCUT2D eigenvalue weighted by molar-refractivity contribution is 0.0691. The van der Waals surface area contributed by atoms with Gasteiger partial charge < -0.3 is 14.3 Å². The van der Waals surface area contributed by atoms with Crippen LogP contribution in [0.1, 0.15) is 54.4 Å². The molecule has 1 saturated carbocycles. The van der Waals surface area contributed by atoms with Crippen LogP contribution in [0.4, 0.5) is 10.1 Å². The number of anilines is 1. The molecule has 2 aromatic carbocycles. The number of nitrogens with zero attached hydrogens (tertiary/aromatic N) is 1. The van der Waals surface area contributed by atoms with E-state index in [1.165, 1.54) is 25.5 Å². The highest BCUT2D eigenvalue weighted by atomic mass is 32.2. The van der Waals surface area contributed by atoms with Crippen molar-refractivity contribution in [3.63, 3.8) is 0 Å². The molecule has 0 radical (unpaired) electrons. The molecular weight excluding hydrogens is 463 g/mol. The molecule has 2 N–H and O–H groups in total. The molecule has 180 valence electrons. The molecule has 1 aliphatic carbocycles. The van der Waals surface area contributed by atoms with Crippen molar-refractivity contribution in [2.24, 2.45) is 5.92 Å². The van der Waals surface area contributed by atoms with Crippen molar-refractivity contribution in [1.29, 1.82) is 0 Å². The number of rotatable bonds is 7. The number of carboxylic acid groups (broad SMARTS) is 1. The Labute approximate surface area is 196 Å². The van der Waals surface area contributed by atoms with Gasteiger partial charge in [-0.2, -0.15) is 13.4 Å². The van der Waals surface area contributed by atoms with Crippen molar-refractivity contribution < 1.29 is 31.9 Å². The molecule has 0 saturated heterocycles. The summed E-state index contributed by atoms with van der Waals surface area (Å²) in [5.74, 6) is -1.35. The summed E-state index contributed by atoms with van der Waals surface area (Å²) in [6, 6.07) is 9.39. The topological polar surface area (TPSA) is 119 Å². The van der Waals surface area contributed by atoms with Crippen LogP contribution in [-0.2, 0) is 10.0 Å². The summed E-state index contributed by atoms with van der Waals surface area (Å²) in [4.78, 5) is 15.2. The van der Waals surface area contributed by atoms with Gasteiger partial charge in [-0.3, -0.25) is 4.72 Å². The number of benzene rings is 2. The van der Waals surface area contributed by atoms with Gasteiger partial charge in [0, 0.05) is 11.6 Å². The normalized spacial score (nSPS) is 18.4. The molecule has 34 heavy (non-hydrogen) atoms. The van der Waals surface area contributed by atoms with Crippen LogP contribution in [-0.4, -0.2) is 31.6 Å². The van der Waals surface area contributed by atoms with Crippen LogP contribution in [0.2, 0.25) is 0 Å². The summed E-state index contributed by atoms with van der Waals surface area (Å²) in [7, 11) is -3.05. The molecule has 3 aromatic rings. The average molecular weight is 489 g/mol. The zero-order chi connectivity index (χ0) is 24.5. The van der Waals surface area contributed by atoms with E-state index in [0.717, 1.165) is 37.2 Å². The molecule has 4 rings (SSSR count). The highest BCUT2D eigenvalue weighted by molar-refractivity contribution is 7.92. The molecule has 10 heteroatoms. The van der Waals surface area contributed by atoms with E-state index in [9.17, 15) is 17.6 Å². The van der Waals surface area contributed by atoms with Gasteiger partial charge in [-0.1, -0.05) is 31.9 Å². The minimum atomic E-state index is -4.26. The smallest absolute Gasteiger partial charge is 0.338 e. The third kappa shape index (κ3) is 4.91. The number of sulfonamides is 1. The van der Waals surface area contributed by atoms with Crippen LogP contribution in [0.25, 0.3) is 11.5 Å². The van der Waals surface area contributed by atoms with E-state index in [1.807, 2.05) is 24.3 Å². The zero-order valence-corrected chi connectivity index (χ0v) is 19.6. The van der Waals surface area contributed by atoms with E-state index in [1.54, 1.807) is 0 Å². The van der Waals surface area contributed by atoms with Crippen molar-refractivity contribution in [2.75, 3.05) is 11.8 Å². The van der Waals surface area contributed by atoms with Crippen molar-refractivity contribution >= 4 is 21.7 Å². The second-order valence-corrected chi connectivity index (χ2v) is 10.1. The molecule has 0 aliphatic heterocycles. The maximum absolute atomic E-state index is 14.1. The highest BCUT2D eigenvalue weighted by Crippen LogP contribution is 2.36. The first-order valence-corrected chi connectivity index (χ1v) is 12.4. The second kappa shape index (κ2) is 9.46. The summed E-state index contributed by atoms with van der Waals surface area (Å²) in [5, 5.41) is 8.64. The summed E-state index contributed by atoms with van der Waals surface area (Å²) in [5.41, 5.74) is 0.967. The fraction of sp³-hybridized carbons (Fsp3) is 0.333. The number of halogens is 1. The van der Waals surface area contributed by atoms with Crippen molar-refractivity contribution in [3.8, 4) is 17.2 Å². The Morgan fingerprint density at radius 1 is 1.18 bits per heavy atom. The van der Waals surface area contributed by atoms with Crippen LogP contribution in [0.3, 0.4) is 0 Å². The van der Waals surface area contributed by atoms with Crippen LogP contribution in [0.15, 0.2) is 52.1 Å². The Kier molecular flexibility index (Phi) is 6.60. The number of oxazole rings is 1. The Bertz CT molecular complexity index is 1300. The van der Waals surface area contributed by atoms with Crippen LogP contribution in [0, 0.1) is 11.7 Å². The summed E-state index contributed by atoms with van der Waals surface area (Å²) >= 11 is 0. The van der Waals surface area contributed by atoms with Gasteiger partial charge in [-0.15, -0.1) is 0 Å². The predicted molar refractivity (Wildman–Crippen MR) is 123 cm³/mol. The van der Waals surface area contributed by atoms with Crippen molar-refractivity contribution in [2.45, 2.75) is 43.6 Å². The van der Waals surface area contributed by atoms with Gasteiger partial charge in [0.05, 0.1) is 18.4 Å². The van der Waals surface area contributed by atoms with Gasteiger partial charge in [0.1, 0.15) is 17.8 Å². The summed E-state index contributed by atoms with van der Waals surface area (Å²) in [6.07, 6.45) is 5.74. The number of carboxylic acids is 1. The summed E-state index contributed by atoms with van der Waals surface area (Å²) in [6.45, 7) is 2.28. The van der Waals surface area contributed by atoms with Gasteiger partial charge >= 0.3 is 5.97 Å². The van der Waals surface area contributed by atoms with E-state index in [2.05, 4.69) is 16.6 Å². The zero-order valence-electron chi connectivity index (χ0n) is 18.7. The largest absolute Gasteiger partial charge is 0.495 e. The Hall–Kier alpha value is -3.40. The molecule has 8 nitrogen and oxygen atoms in total. The second-order valence-electron chi connectivity index (χ2n) is 8.51. The lowest BCUT2D eigenvalue weighted by Crippen LogP contribution is -2.15. The van der Waals surface area contributed by atoms with Gasteiger partial charge in [-0.05, 0) is 48.4 Å². The molecule has 0 spiro atoms. The fourth-order valence-corrected chi connectivity index (χ4v) is 5.10. The molecule has 0 atom stereocenters. The lowest BCUT2D eigenvalue weighted by atomic mass is 9.79. The van der Waals surface area contributed by atoms with Crippen molar-refractivity contribution in [3.05, 3.63) is 59.6 Å². The van der Waals surface area contributed by atoms with E-state index in [-0.39, 0.29) is 17.3 Å². The molecule has 1 fully saturated rings. The van der Waals surface area contributed by atoms with E-state index < -0.39 is 32.4 Å². The SMILES string of the molecule is COc1cc(C(=O)O)c(F)cc1NS(=O)(=O)c1coc(-c2ccc([C@H]3CC[C@H](C)CC3)cc2)n1. The first-order valence-electron chi connectivity index (χ1n) is 10.9. The number of ether oxygens (including phenoxy) is 1. The standard InChI is InChI=1S/C24H25FN2O6S/c1-14-3-5-15(6-4-14)16-7-9-17(10-8-16)23-26-22(13-33-23)34(30,31)27-20-12-19(25)18(24(28)29)11-21(20)32-2/h7-15,27H,3-6H2,1-2H3,(H,28,29)/t14-,15-. The average Bonchev–Trinajstić information content (AvgIpc) is 3.31. The number of hydrogen-bond donors (Lipinski definition) is 2. The minimum Gasteiger partial charge on any atom is -0.495 e. The minimum absolute atomic E-state index is 0.128. The molecule has 0 unspecified atom stereocenters. The predicted octanol–water partition coefficient (Wildman–Crippen LogP) is 5.28. The number of aromatic nitrogens is 1. The number of carbonyl (C=O) groups is 1. The van der Waals surface area contributed by atoms with E-state index >= 15 is 0 Å². The number of nitrogens with one attached hydrogen (secondary N) is 1. The lowest BCUT2D eigenvalue weighted by Gasteiger charge is -2.26. The first kappa shape index (κ1) is 23.7. The van der Waals surface area contributed by atoms with Crippen LogP contribution < -0.4 is 9.46 Å². The Morgan fingerprint density at radius 3 is 2.47 bits per heavy atom. The van der Waals surface area contributed by atoms with Crippen molar-refractivity contribution in [1.82, 2.24) is 4.98 Å². The fourth-order valence-electron chi connectivity index (χ4n) is 4.17. The van der Waals surface area contributed by atoms with E-state index in [4.69, 9.17) is 14.3 Å².